The lowest BCUT2D eigenvalue weighted by molar-refractivity contribution is 0.389. The van der Waals surface area contributed by atoms with Crippen LogP contribution in [0.4, 0.5) is 0 Å². The average Bonchev–Trinajstić information content (AvgIpc) is 2.58. The lowest BCUT2D eigenvalue weighted by Gasteiger charge is -2.15. The summed E-state index contributed by atoms with van der Waals surface area (Å²) in [5.41, 5.74) is 1.74. The molecule has 25 heavy (non-hydrogen) atoms. The van der Waals surface area contributed by atoms with Crippen molar-refractivity contribution in [2.24, 2.45) is 0 Å². The molecule has 2 rings (SSSR count). The number of phenolic OH excluding ortho intramolecular Hbond substituents is 1. The summed E-state index contributed by atoms with van der Waals surface area (Å²) in [6, 6.07) is 10.6. The molecule has 0 bridgehead atoms. The number of hydrogen-bond acceptors (Lipinski definition) is 6. The Morgan fingerprint density at radius 3 is 2.40 bits per heavy atom. The lowest BCUT2D eigenvalue weighted by Crippen LogP contribution is -2.17. The Bertz CT molecular complexity index is 835. The minimum atomic E-state index is -2.91. The number of aromatic hydroxyl groups is 1. The molecule has 0 aliphatic rings. The fourth-order valence-electron chi connectivity index (χ4n) is 2.54. The number of rotatable bonds is 8. The number of ether oxygens (including phenoxy) is 2. The fourth-order valence-corrected chi connectivity index (χ4v) is 3.40. The van der Waals surface area contributed by atoms with Crippen molar-refractivity contribution < 1.29 is 18.8 Å². The Hall–Kier alpha value is -2.25. The quantitative estimate of drug-likeness (QED) is 0.627. The van der Waals surface area contributed by atoms with E-state index in [1.165, 1.54) is 13.4 Å². The van der Waals surface area contributed by atoms with Crippen molar-refractivity contribution in [2.45, 2.75) is 17.9 Å². The van der Waals surface area contributed by atoms with Crippen molar-refractivity contribution >= 4 is 9.73 Å². The van der Waals surface area contributed by atoms with Crippen LogP contribution in [0.1, 0.15) is 11.1 Å². The maximum absolute atomic E-state index is 12.1. The Labute approximate surface area is 148 Å². The first-order valence-corrected chi connectivity index (χ1v) is 9.79. The molecular formula is C18H24N2O4S. The zero-order valence-corrected chi connectivity index (χ0v) is 15.5. The Morgan fingerprint density at radius 1 is 1.12 bits per heavy atom. The Balaban J connectivity index is 2.10. The maximum Gasteiger partial charge on any atom is 0.136 e. The number of nitrogens with one attached hydrogen (secondary N) is 2. The van der Waals surface area contributed by atoms with Crippen molar-refractivity contribution in [3.63, 3.8) is 0 Å². The monoisotopic (exact) mass is 364 g/mol. The van der Waals surface area contributed by atoms with Crippen LogP contribution >= 0.6 is 0 Å². The molecule has 2 aromatic carbocycles. The largest absolute Gasteiger partial charge is 0.508 e. The SMILES string of the molecule is COc1cc(S(C)(=N)=O)c(OC)cc1CCNCc1ccccc1O. The summed E-state index contributed by atoms with van der Waals surface area (Å²) in [7, 11) is 0.135. The molecule has 0 spiro atoms. The van der Waals surface area contributed by atoms with Gasteiger partial charge in [0.25, 0.3) is 0 Å². The number of benzene rings is 2. The second-order valence-electron chi connectivity index (χ2n) is 5.71. The molecule has 3 N–H and O–H groups in total. The summed E-state index contributed by atoms with van der Waals surface area (Å²) in [5, 5.41) is 13.0. The molecule has 0 aliphatic heterocycles. The molecule has 1 atom stereocenters. The normalized spacial score (nSPS) is 13.2. The first-order chi connectivity index (χ1) is 11.9. The van der Waals surface area contributed by atoms with Crippen molar-refractivity contribution in [1.29, 1.82) is 4.78 Å². The van der Waals surface area contributed by atoms with Gasteiger partial charge in [-0.25, -0.2) is 8.99 Å². The van der Waals surface area contributed by atoms with Crippen LogP contribution in [0.3, 0.4) is 0 Å². The molecule has 136 valence electrons. The van der Waals surface area contributed by atoms with Gasteiger partial charge in [-0.2, -0.15) is 0 Å². The van der Waals surface area contributed by atoms with Crippen LogP contribution in [-0.4, -0.2) is 36.3 Å². The zero-order chi connectivity index (χ0) is 18.4. The number of methoxy groups -OCH3 is 2. The number of phenols is 1. The topological polar surface area (TPSA) is 91.6 Å². The summed E-state index contributed by atoms with van der Waals surface area (Å²) in [4.78, 5) is 0.331. The Kier molecular flexibility index (Phi) is 6.27. The van der Waals surface area contributed by atoms with Gasteiger partial charge in [-0.15, -0.1) is 0 Å². The third-order valence-corrected chi connectivity index (χ3v) is 5.02. The lowest BCUT2D eigenvalue weighted by atomic mass is 10.1. The van der Waals surface area contributed by atoms with Gasteiger partial charge in [0.1, 0.15) is 17.2 Å². The summed E-state index contributed by atoms with van der Waals surface area (Å²) >= 11 is 0. The molecule has 0 saturated carbocycles. The third kappa shape index (κ3) is 4.87. The van der Waals surface area contributed by atoms with Crippen molar-refractivity contribution in [3.8, 4) is 17.2 Å². The van der Waals surface area contributed by atoms with Crippen LogP contribution < -0.4 is 14.8 Å². The van der Waals surface area contributed by atoms with E-state index in [0.29, 0.717) is 35.9 Å². The second kappa shape index (κ2) is 8.22. The van der Waals surface area contributed by atoms with Crippen LogP contribution in [0, 0.1) is 4.78 Å². The highest BCUT2D eigenvalue weighted by atomic mass is 32.2. The standard InChI is InChI=1S/C18H24N2O4S/c1-23-16-11-18(25(3,19)22)17(24-2)10-13(16)8-9-20-12-14-6-4-5-7-15(14)21/h4-7,10-11,19-21H,8-9,12H2,1-3H3. The molecule has 0 radical (unpaired) electrons. The minimum Gasteiger partial charge on any atom is -0.508 e. The van der Waals surface area contributed by atoms with Gasteiger partial charge >= 0.3 is 0 Å². The van der Waals surface area contributed by atoms with E-state index in [4.69, 9.17) is 14.3 Å². The first-order valence-electron chi connectivity index (χ1n) is 7.83. The Morgan fingerprint density at radius 2 is 1.80 bits per heavy atom. The summed E-state index contributed by atoms with van der Waals surface area (Å²) < 4.78 is 30.6. The highest BCUT2D eigenvalue weighted by molar-refractivity contribution is 7.91. The van der Waals surface area contributed by atoms with Gasteiger partial charge in [0, 0.05) is 24.4 Å². The van der Waals surface area contributed by atoms with Crippen molar-refractivity contribution in [1.82, 2.24) is 5.32 Å². The molecule has 0 aromatic heterocycles. The number of para-hydroxylation sites is 1. The molecule has 1 unspecified atom stereocenters. The molecule has 2 aromatic rings. The molecule has 0 heterocycles. The van der Waals surface area contributed by atoms with E-state index in [2.05, 4.69) is 5.32 Å². The van der Waals surface area contributed by atoms with Gasteiger partial charge in [0.2, 0.25) is 0 Å². The van der Waals surface area contributed by atoms with E-state index in [0.717, 1.165) is 11.1 Å². The van der Waals surface area contributed by atoms with Gasteiger partial charge < -0.3 is 19.9 Å². The van der Waals surface area contributed by atoms with E-state index < -0.39 is 9.73 Å². The van der Waals surface area contributed by atoms with Crippen LogP contribution in [0.15, 0.2) is 41.3 Å². The van der Waals surface area contributed by atoms with Crippen molar-refractivity contribution in [2.75, 3.05) is 27.0 Å². The second-order valence-corrected chi connectivity index (χ2v) is 7.84. The molecule has 7 heteroatoms. The van der Waals surface area contributed by atoms with Gasteiger partial charge in [-0.3, -0.25) is 0 Å². The summed E-state index contributed by atoms with van der Waals surface area (Å²) in [5.74, 6) is 1.28. The molecule has 0 amide bonds. The van der Waals surface area contributed by atoms with Gasteiger partial charge in [-0.1, -0.05) is 18.2 Å². The summed E-state index contributed by atoms with van der Waals surface area (Å²) in [6.07, 6.45) is 2.02. The van der Waals surface area contributed by atoms with Crippen LogP contribution in [0.5, 0.6) is 17.2 Å². The summed E-state index contributed by atoms with van der Waals surface area (Å²) in [6.45, 7) is 1.22. The van der Waals surface area contributed by atoms with Gasteiger partial charge in [0.05, 0.1) is 28.8 Å². The maximum atomic E-state index is 12.1. The predicted molar refractivity (Wildman–Crippen MR) is 98.1 cm³/mol. The molecule has 0 aliphatic carbocycles. The third-order valence-electron chi connectivity index (χ3n) is 3.86. The highest BCUT2D eigenvalue weighted by Crippen LogP contribution is 2.32. The fraction of sp³-hybridized carbons (Fsp3) is 0.333. The number of hydrogen-bond donors (Lipinski definition) is 3. The van der Waals surface area contributed by atoms with Gasteiger partial charge in [0.15, 0.2) is 0 Å². The molecule has 6 nitrogen and oxygen atoms in total. The van der Waals surface area contributed by atoms with Gasteiger partial charge in [-0.05, 0) is 30.7 Å². The van der Waals surface area contributed by atoms with E-state index in [-0.39, 0.29) is 5.75 Å². The average molecular weight is 364 g/mol. The van der Waals surface area contributed by atoms with Crippen LogP contribution in [-0.2, 0) is 22.7 Å². The highest BCUT2D eigenvalue weighted by Gasteiger charge is 2.16. The zero-order valence-electron chi connectivity index (χ0n) is 14.7. The minimum absolute atomic E-state index is 0.270. The van der Waals surface area contributed by atoms with E-state index in [1.54, 1.807) is 31.4 Å². The van der Waals surface area contributed by atoms with E-state index >= 15 is 0 Å². The predicted octanol–water partition coefficient (Wildman–Crippen LogP) is 2.78. The van der Waals surface area contributed by atoms with Crippen molar-refractivity contribution in [3.05, 3.63) is 47.5 Å². The van der Waals surface area contributed by atoms with E-state index in [9.17, 15) is 9.32 Å². The van der Waals surface area contributed by atoms with E-state index in [1.807, 2.05) is 12.1 Å². The van der Waals surface area contributed by atoms with Crippen LogP contribution in [0.2, 0.25) is 0 Å². The molecular weight excluding hydrogens is 340 g/mol. The van der Waals surface area contributed by atoms with Crippen LogP contribution in [0.25, 0.3) is 0 Å². The molecule has 0 fully saturated rings. The first kappa shape index (κ1) is 19.1. The molecule has 0 saturated heterocycles. The smallest absolute Gasteiger partial charge is 0.136 e.